The number of benzene rings is 1. The number of carbonyl (C=O) groups excluding carboxylic acids is 1. The molecule has 0 heterocycles. The molecule has 7 nitrogen and oxygen atoms in total. The predicted molar refractivity (Wildman–Crippen MR) is 78.1 cm³/mol. The van der Waals surface area contributed by atoms with Gasteiger partial charge in [0.15, 0.2) is 11.4 Å². The molecule has 0 aliphatic heterocycles. The van der Waals surface area contributed by atoms with E-state index in [-0.39, 0.29) is 23.2 Å². The Kier molecular flexibility index (Phi) is 6.83. The Hall–Kier alpha value is -2.49. The summed E-state index contributed by atoms with van der Waals surface area (Å²) in [7, 11) is 1.16. The highest BCUT2D eigenvalue weighted by atomic mass is 19.3. The van der Waals surface area contributed by atoms with Crippen LogP contribution in [0.25, 0.3) is 0 Å². The molecule has 0 spiro atoms. The highest BCUT2D eigenvalue weighted by Crippen LogP contribution is 2.30. The van der Waals surface area contributed by atoms with Crippen LogP contribution in [0.1, 0.15) is 25.0 Å². The maximum atomic E-state index is 13.6. The number of amides is 1. The quantitative estimate of drug-likeness (QED) is 0.342. The molecule has 1 rings (SSSR count). The van der Waals surface area contributed by atoms with Crippen molar-refractivity contribution in [1.29, 1.82) is 0 Å². The summed E-state index contributed by atoms with van der Waals surface area (Å²) in [6.45, 7) is 1.68. The molecule has 0 atom stereocenters. The fourth-order valence-electron chi connectivity index (χ4n) is 1.87. The van der Waals surface area contributed by atoms with Crippen molar-refractivity contribution in [3.05, 3.63) is 23.3 Å². The topological polar surface area (TPSA) is 89.4 Å². The second-order valence-electron chi connectivity index (χ2n) is 5.18. The van der Waals surface area contributed by atoms with Crippen LogP contribution in [0.5, 0.6) is 5.75 Å². The fraction of sp³-hybridized carbons (Fsp3) is 0.429. The summed E-state index contributed by atoms with van der Waals surface area (Å²) in [6, 6.07) is 2.33. The zero-order valence-corrected chi connectivity index (χ0v) is 13.2. The van der Waals surface area contributed by atoms with Crippen molar-refractivity contribution in [1.82, 2.24) is 0 Å². The van der Waals surface area contributed by atoms with Crippen LogP contribution in [-0.4, -0.2) is 36.4 Å². The summed E-state index contributed by atoms with van der Waals surface area (Å²) in [5, 5.41) is 14.0. The first-order valence-electron chi connectivity index (χ1n) is 6.74. The maximum absolute atomic E-state index is 13.6. The number of nitrogens with zero attached hydrogens (tertiary/aromatic N) is 1. The van der Waals surface area contributed by atoms with Crippen LogP contribution in [0, 0.1) is 0 Å². The summed E-state index contributed by atoms with van der Waals surface area (Å²) in [5.41, 5.74) is -2.13. The van der Waals surface area contributed by atoms with E-state index in [9.17, 15) is 18.2 Å². The minimum absolute atomic E-state index is 0.00984. The number of rotatable bonds is 7. The summed E-state index contributed by atoms with van der Waals surface area (Å²) >= 11 is 0. The molecule has 0 aromatic heterocycles. The van der Waals surface area contributed by atoms with E-state index in [1.54, 1.807) is 0 Å². The van der Waals surface area contributed by atoms with Gasteiger partial charge in [0.05, 0.1) is 19.3 Å². The molecular weight excluding hydrogens is 333 g/mol. The van der Waals surface area contributed by atoms with Crippen molar-refractivity contribution < 1.29 is 38.1 Å². The first-order valence-corrected chi connectivity index (χ1v) is 6.74. The van der Waals surface area contributed by atoms with Gasteiger partial charge in [0.1, 0.15) is 0 Å². The van der Waals surface area contributed by atoms with Crippen LogP contribution in [0.3, 0.4) is 0 Å². The standard InChI is InChI=1S/C14H17F3N2O5/c1-14(2,15)13(20)18-9-6-8(4-5-23-16)11(10(7-9)24-17)12(19-21)22-3/h6-7,21H,4-5H2,1-3H3,(H,18,20). The Morgan fingerprint density at radius 1 is 1.38 bits per heavy atom. The second-order valence-corrected chi connectivity index (χ2v) is 5.18. The van der Waals surface area contributed by atoms with Crippen LogP contribution < -0.4 is 10.3 Å². The normalized spacial score (nSPS) is 12.0. The lowest BCUT2D eigenvalue weighted by molar-refractivity contribution is -0.130. The molecule has 24 heavy (non-hydrogen) atoms. The first kappa shape index (κ1) is 19.6. The Balaban J connectivity index is 3.38. The zero-order chi connectivity index (χ0) is 18.3. The van der Waals surface area contributed by atoms with Gasteiger partial charge in [-0.2, -0.15) is 4.94 Å². The molecule has 0 unspecified atom stereocenters. The van der Waals surface area contributed by atoms with Gasteiger partial charge in [-0.15, -0.1) is 0 Å². The average molecular weight is 350 g/mol. The van der Waals surface area contributed by atoms with Crippen molar-refractivity contribution >= 4 is 17.5 Å². The molecule has 1 amide bonds. The predicted octanol–water partition coefficient (Wildman–Crippen LogP) is 2.86. The van der Waals surface area contributed by atoms with Gasteiger partial charge in [0, 0.05) is 22.7 Å². The summed E-state index contributed by atoms with van der Waals surface area (Å²) in [5.74, 6) is -1.86. The molecule has 0 saturated heterocycles. The molecule has 1 aromatic carbocycles. The van der Waals surface area contributed by atoms with E-state index in [0.717, 1.165) is 27.0 Å². The van der Waals surface area contributed by atoms with Crippen molar-refractivity contribution in [2.75, 3.05) is 19.0 Å². The molecule has 0 bridgehead atoms. The number of hydrogen-bond acceptors (Lipinski definition) is 6. The van der Waals surface area contributed by atoms with Crippen molar-refractivity contribution in [2.24, 2.45) is 5.16 Å². The van der Waals surface area contributed by atoms with Crippen molar-refractivity contribution in [3.8, 4) is 5.75 Å². The number of hydrogen-bond donors (Lipinski definition) is 2. The van der Waals surface area contributed by atoms with Crippen LogP contribution in [0.2, 0.25) is 0 Å². The summed E-state index contributed by atoms with van der Waals surface area (Å²) < 4.78 is 43.3. The molecule has 0 aliphatic carbocycles. The minimum Gasteiger partial charge on any atom is -0.478 e. The van der Waals surface area contributed by atoms with Crippen LogP contribution in [0.15, 0.2) is 17.3 Å². The average Bonchev–Trinajstić information content (AvgIpc) is 2.53. The molecule has 10 heteroatoms. The molecule has 0 fully saturated rings. The van der Waals surface area contributed by atoms with Crippen LogP contribution in [0.4, 0.5) is 19.1 Å². The molecule has 0 aliphatic rings. The van der Waals surface area contributed by atoms with Gasteiger partial charge in [0.2, 0.25) is 0 Å². The largest absolute Gasteiger partial charge is 0.478 e. The molecule has 2 N–H and O–H groups in total. The lowest BCUT2D eigenvalue weighted by atomic mass is 10.0. The van der Waals surface area contributed by atoms with Gasteiger partial charge in [-0.05, 0) is 35.2 Å². The number of ether oxygens (including phenoxy) is 1. The Morgan fingerprint density at radius 2 is 2.04 bits per heavy atom. The molecule has 0 saturated carbocycles. The zero-order valence-electron chi connectivity index (χ0n) is 13.2. The third kappa shape index (κ3) is 4.75. The third-order valence-electron chi connectivity index (χ3n) is 3.01. The molecular formula is C14H17F3N2O5. The summed E-state index contributed by atoms with van der Waals surface area (Å²) in [4.78, 5) is 18.9. The van der Waals surface area contributed by atoms with Gasteiger partial charge in [0.25, 0.3) is 11.8 Å². The van der Waals surface area contributed by atoms with E-state index < -0.39 is 29.8 Å². The van der Waals surface area contributed by atoms with Crippen LogP contribution in [-0.2, 0) is 20.9 Å². The number of oxime groups is 1. The lowest BCUT2D eigenvalue weighted by Gasteiger charge is -2.17. The third-order valence-corrected chi connectivity index (χ3v) is 3.01. The number of methoxy groups -OCH3 is 1. The first-order chi connectivity index (χ1) is 11.3. The minimum atomic E-state index is -2.18. The number of carbonyl (C=O) groups is 1. The van der Waals surface area contributed by atoms with Crippen molar-refractivity contribution in [2.45, 2.75) is 25.9 Å². The second kappa shape index (κ2) is 8.39. The van der Waals surface area contributed by atoms with Crippen LogP contribution >= 0.6 is 0 Å². The van der Waals surface area contributed by atoms with E-state index in [1.165, 1.54) is 6.07 Å². The maximum Gasteiger partial charge on any atom is 0.261 e. The Bertz CT molecular complexity index is 617. The van der Waals surface area contributed by atoms with E-state index in [0.29, 0.717) is 0 Å². The van der Waals surface area contributed by atoms with E-state index in [1.807, 2.05) is 0 Å². The van der Waals surface area contributed by atoms with Gasteiger partial charge in [-0.3, -0.25) is 9.74 Å². The fourth-order valence-corrected chi connectivity index (χ4v) is 1.87. The Labute approximate surface area is 135 Å². The van der Waals surface area contributed by atoms with Gasteiger partial charge in [-0.1, -0.05) is 0 Å². The van der Waals surface area contributed by atoms with Gasteiger partial charge < -0.3 is 15.3 Å². The molecule has 134 valence electrons. The number of halogens is 3. The highest BCUT2D eigenvalue weighted by molar-refractivity contribution is 6.01. The van der Waals surface area contributed by atoms with E-state index in [4.69, 9.17) is 9.94 Å². The number of anilines is 1. The van der Waals surface area contributed by atoms with E-state index in [2.05, 4.69) is 20.4 Å². The SMILES string of the molecule is COC(=NO)c1c(CCOF)cc(NC(=O)C(C)(C)F)cc1OF. The molecule has 1 aromatic rings. The highest BCUT2D eigenvalue weighted by Gasteiger charge is 2.28. The smallest absolute Gasteiger partial charge is 0.261 e. The molecule has 0 radical (unpaired) electrons. The van der Waals surface area contributed by atoms with E-state index >= 15 is 0 Å². The number of nitrogens with one attached hydrogen (secondary N) is 1. The van der Waals surface area contributed by atoms with Gasteiger partial charge in [-0.25, -0.2) is 4.39 Å². The lowest BCUT2D eigenvalue weighted by Crippen LogP contribution is -2.32. The number of alkyl halides is 1. The summed E-state index contributed by atoms with van der Waals surface area (Å²) in [6.07, 6.45) is -0.104. The van der Waals surface area contributed by atoms with Gasteiger partial charge >= 0.3 is 0 Å². The monoisotopic (exact) mass is 350 g/mol. The Morgan fingerprint density at radius 3 is 2.50 bits per heavy atom. The van der Waals surface area contributed by atoms with Crippen molar-refractivity contribution in [3.63, 3.8) is 0 Å².